The number of nitrogens with two attached hydrogens (primary N) is 1. The number of nitrogens with zero attached hydrogens (tertiary/aromatic N) is 1. The Hall–Kier alpha value is -0.570. The van der Waals surface area contributed by atoms with Crippen molar-refractivity contribution in [1.82, 2.24) is 4.90 Å². The Morgan fingerprint density at radius 3 is 2.86 bits per heavy atom. The van der Waals surface area contributed by atoms with Crippen LogP contribution >= 0.6 is 11.6 Å². The first-order valence-electron chi connectivity index (χ1n) is 8.47. The molecule has 1 aromatic rings. The zero-order valence-corrected chi connectivity index (χ0v) is 13.7. The molecule has 4 atom stereocenters. The van der Waals surface area contributed by atoms with E-state index in [2.05, 4.69) is 30.0 Å². The highest BCUT2D eigenvalue weighted by Gasteiger charge is 2.40. The molecule has 0 amide bonds. The van der Waals surface area contributed by atoms with Crippen molar-refractivity contribution in [3.8, 4) is 0 Å². The summed E-state index contributed by atoms with van der Waals surface area (Å²) in [5.74, 6) is 0.893. The minimum absolute atomic E-state index is 0.184. The second-order valence-corrected chi connectivity index (χ2v) is 7.15. The fourth-order valence-corrected chi connectivity index (χ4v) is 4.58. The first-order valence-corrected chi connectivity index (χ1v) is 8.85. The van der Waals surface area contributed by atoms with E-state index in [0.29, 0.717) is 6.04 Å². The minimum atomic E-state index is 0.184. The smallest absolute Gasteiger partial charge is 0.0502 e. The number of halogens is 1. The summed E-state index contributed by atoms with van der Waals surface area (Å²) in [7, 11) is 0. The van der Waals surface area contributed by atoms with Crippen LogP contribution in [-0.4, -0.2) is 23.5 Å². The molecule has 2 nitrogen and oxygen atoms in total. The maximum atomic E-state index is 6.52. The largest absolute Gasteiger partial charge is 0.326 e. The van der Waals surface area contributed by atoms with Crippen molar-refractivity contribution in [2.24, 2.45) is 11.7 Å². The molecule has 116 valence electrons. The molecular formula is C18H27ClN2. The molecule has 2 aliphatic rings. The van der Waals surface area contributed by atoms with Crippen LogP contribution in [0.15, 0.2) is 24.3 Å². The second kappa shape index (κ2) is 6.68. The van der Waals surface area contributed by atoms with Gasteiger partial charge in [0.05, 0.1) is 6.04 Å². The van der Waals surface area contributed by atoms with Crippen LogP contribution in [0.3, 0.4) is 0 Å². The van der Waals surface area contributed by atoms with Gasteiger partial charge in [0.25, 0.3) is 0 Å². The average molecular weight is 307 g/mol. The van der Waals surface area contributed by atoms with E-state index in [-0.39, 0.29) is 6.04 Å². The SMILES string of the molecule is CCC(N)C(c1cccc(Cl)c1)N1CCC2CCCCC21. The predicted octanol–water partition coefficient (Wildman–Crippen LogP) is 4.38. The van der Waals surface area contributed by atoms with Crippen LogP contribution in [0.4, 0.5) is 0 Å². The molecule has 1 aromatic carbocycles. The van der Waals surface area contributed by atoms with E-state index in [4.69, 9.17) is 17.3 Å². The molecular weight excluding hydrogens is 280 g/mol. The number of likely N-dealkylation sites (tertiary alicyclic amines) is 1. The maximum absolute atomic E-state index is 6.52. The van der Waals surface area contributed by atoms with Crippen molar-refractivity contribution in [3.05, 3.63) is 34.9 Å². The van der Waals surface area contributed by atoms with Crippen molar-refractivity contribution in [2.75, 3.05) is 6.54 Å². The molecule has 1 heterocycles. The number of rotatable bonds is 4. The molecule has 0 spiro atoms. The van der Waals surface area contributed by atoms with Gasteiger partial charge in [-0.25, -0.2) is 0 Å². The van der Waals surface area contributed by atoms with Gasteiger partial charge in [0, 0.05) is 17.1 Å². The third-order valence-corrected chi connectivity index (χ3v) is 5.71. The van der Waals surface area contributed by atoms with Crippen molar-refractivity contribution >= 4 is 11.6 Å². The van der Waals surface area contributed by atoms with Gasteiger partial charge in [-0.1, -0.05) is 43.5 Å². The Morgan fingerprint density at radius 2 is 2.10 bits per heavy atom. The molecule has 0 radical (unpaired) electrons. The molecule has 21 heavy (non-hydrogen) atoms. The van der Waals surface area contributed by atoms with Crippen molar-refractivity contribution < 1.29 is 0 Å². The lowest BCUT2D eigenvalue weighted by Gasteiger charge is -2.40. The van der Waals surface area contributed by atoms with Crippen molar-refractivity contribution in [1.29, 1.82) is 0 Å². The highest BCUT2D eigenvalue weighted by Crippen LogP contribution is 2.42. The molecule has 1 saturated heterocycles. The van der Waals surface area contributed by atoms with E-state index < -0.39 is 0 Å². The fourth-order valence-electron chi connectivity index (χ4n) is 4.39. The fraction of sp³-hybridized carbons (Fsp3) is 0.667. The molecule has 1 aliphatic carbocycles. The van der Waals surface area contributed by atoms with Crippen LogP contribution in [0.1, 0.15) is 57.1 Å². The van der Waals surface area contributed by atoms with E-state index in [1.54, 1.807) is 0 Å². The average Bonchev–Trinajstić information content (AvgIpc) is 2.91. The van der Waals surface area contributed by atoms with E-state index in [9.17, 15) is 0 Å². The van der Waals surface area contributed by atoms with Gasteiger partial charge >= 0.3 is 0 Å². The third-order valence-electron chi connectivity index (χ3n) is 5.48. The summed E-state index contributed by atoms with van der Waals surface area (Å²) in [4.78, 5) is 2.70. The number of hydrogen-bond donors (Lipinski definition) is 1. The molecule has 4 unspecified atom stereocenters. The Bertz CT molecular complexity index is 476. The molecule has 3 rings (SSSR count). The summed E-state index contributed by atoms with van der Waals surface area (Å²) in [5, 5.41) is 0.820. The first-order chi connectivity index (χ1) is 10.2. The quantitative estimate of drug-likeness (QED) is 0.894. The highest BCUT2D eigenvalue weighted by atomic mass is 35.5. The molecule has 1 aliphatic heterocycles. The van der Waals surface area contributed by atoms with Crippen LogP contribution < -0.4 is 5.73 Å². The number of fused-ring (bicyclic) bond motifs is 1. The number of benzene rings is 1. The Morgan fingerprint density at radius 1 is 1.29 bits per heavy atom. The molecule has 0 aromatic heterocycles. The van der Waals surface area contributed by atoms with E-state index in [1.165, 1.54) is 44.2 Å². The monoisotopic (exact) mass is 306 g/mol. The Kier molecular flexibility index (Phi) is 4.88. The normalized spacial score (nSPS) is 29.1. The lowest BCUT2D eigenvalue weighted by atomic mass is 9.84. The van der Waals surface area contributed by atoms with Crippen LogP contribution in [0, 0.1) is 5.92 Å². The zero-order valence-electron chi connectivity index (χ0n) is 13.0. The van der Waals surface area contributed by atoms with Gasteiger partial charge in [-0.3, -0.25) is 4.90 Å². The summed E-state index contributed by atoms with van der Waals surface area (Å²) >= 11 is 6.22. The third kappa shape index (κ3) is 3.13. The van der Waals surface area contributed by atoms with Gasteiger partial charge in [-0.15, -0.1) is 0 Å². The summed E-state index contributed by atoms with van der Waals surface area (Å²) in [6, 6.07) is 9.56. The lowest BCUT2D eigenvalue weighted by molar-refractivity contribution is 0.114. The van der Waals surface area contributed by atoms with Crippen LogP contribution in [0.5, 0.6) is 0 Å². The van der Waals surface area contributed by atoms with Gasteiger partial charge < -0.3 is 5.73 Å². The van der Waals surface area contributed by atoms with Gasteiger partial charge in [0.2, 0.25) is 0 Å². The van der Waals surface area contributed by atoms with E-state index >= 15 is 0 Å². The standard InChI is InChI=1S/C18H27ClN2/c1-2-16(20)18(14-7-5-8-15(19)12-14)21-11-10-13-6-3-4-9-17(13)21/h5,7-8,12-13,16-18H,2-4,6,9-11,20H2,1H3. The molecule has 1 saturated carbocycles. The summed E-state index contributed by atoms with van der Waals surface area (Å²) in [6.45, 7) is 3.39. The number of hydrogen-bond acceptors (Lipinski definition) is 2. The highest BCUT2D eigenvalue weighted by molar-refractivity contribution is 6.30. The van der Waals surface area contributed by atoms with Gasteiger partial charge in [-0.05, 0) is 55.8 Å². The zero-order chi connectivity index (χ0) is 14.8. The molecule has 2 fully saturated rings. The van der Waals surface area contributed by atoms with Gasteiger partial charge in [0.1, 0.15) is 0 Å². The first kappa shape index (κ1) is 15.3. The van der Waals surface area contributed by atoms with Crippen molar-refractivity contribution in [2.45, 2.75) is 63.6 Å². The Labute approximate surface area is 133 Å². The predicted molar refractivity (Wildman–Crippen MR) is 89.5 cm³/mol. The Balaban J connectivity index is 1.89. The van der Waals surface area contributed by atoms with Gasteiger partial charge in [0.15, 0.2) is 0 Å². The van der Waals surface area contributed by atoms with E-state index in [0.717, 1.165) is 23.4 Å². The van der Waals surface area contributed by atoms with E-state index in [1.807, 2.05) is 6.07 Å². The van der Waals surface area contributed by atoms with Crippen molar-refractivity contribution in [3.63, 3.8) is 0 Å². The summed E-state index contributed by atoms with van der Waals surface area (Å²) in [5.41, 5.74) is 7.81. The van der Waals surface area contributed by atoms with Crippen LogP contribution in [0.25, 0.3) is 0 Å². The summed E-state index contributed by atoms with van der Waals surface area (Å²) in [6.07, 6.45) is 7.89. The lowest BCUT2D eigenvalue weighted by Crippen LogP contribution is -2.45. The maximum Gasteiger partial charge on any atom is 0.0502 e. The van der Waals surface area contributed by atoms with Gasteiger partial charge in [-0.2, -0.15) is 0 Å². The molecule has 3 heteroatoms. The van der Waals surface area contributed by atoms with Crippen LogP contribution in [0.2, 0.25) is 5.02 Å². The topological polar surface area (TPSA) is 29.3 Å². The minimum Gasteiger partial charge on any atom is -0.326 e. The molecule has 0 bridgehead atoms. The van der Waals surface area contributed by atoms with Crippen LogP contribution in [-0.2, 0) is 0 Å². The second-order valence-electron chi connectivity index (χ2n) is 6.71. The summed E-state index contributed by atoms with van der Waals surface area (Å²) < 4.78 is 0. The molecule has 2 N–H and O–H groups in total.